The van der Waals surface area contributed by atoms with Crippen molar-refractivity contribution in [1.82, 2.24) is 4.90 Å². The molecule has 0 atom stereocenters. The first kappa shape index (κ1) is 15.2. The zero-order valence-electron chi connectivity index (χ0n) is 12.3. The summed E-state index contributed by atoms with van der Waals surface area (Å²) in [5.41, 5.74) is 5.64. The molecule has 3 N–H and O–H groups in total. The van der Waals surface area contributed by atoms with Gasteiger partial charge in [-0.3, -0.25) is 14.9 Å². The molecular formula is C14H20N4O3. The van der Waals surface area contributed by atoms with Crippen molar-refractivity contribution >= 4 is 17.3 Å². The average Bonchev–Trinajstić information content (AvgIpc) is 2.36. The van der Waals surface area contributed by atoms with Crippen molar-refractivity contribution < 1.29 is 9.72 Å². The summed E-state index contributed by atoms with van der Waals surface area (Å²) in [6.45, 7) is 0.636. The van der Waals surface area contributed by atoms with Crippen LogP contribution in [0.3, 0.4) is 0 Å². The molecule has 2 rings (SSSR count). The van der Waals surface area contributed by atoms with E-state index in [1.54, 1.807) is 6.07 Å². The van der Waals surface area contributed by atoms with Gasteiger partial charge in [-0.2, -0.15) is 0 Å². The monoisotopic (exact) mass is 292 g/mol. The highest BCUT2D eigenvalue weighted by molar-refractivity contribution is 5.94. The van der Waals surface area contributed by atoms with Gasteiger partial charge in [-0.1, -0.05) is 0 Å². The van der Waals surface area contributed by atoms with Crippen molar-refractivity contribution in [1.29, 1.82) is 0 Å². The lowest BCUT2D eigenvalue weighted by atomic mass is 9.75. The summed E-state index contributed by atoms with van der Waals surface area (Å²) in [6, 6.07) is 4.26. The Hall–Kier alpha value is -2.15. The van der Waals surface area contributed by atoms with Crippen LogP contribution in [0.4, 0.5) is 11.4 Å². The second-order valence-corrected chi connectivity index (χ2v) is 5.68. The number of anilines is 1. The third-order valence-corrected chi connectivity index (χ3v) is 4.32. The van der Waals surface area contributed by atoms with Crippen LogP contribution in [0.15, 0.2) is 18.2 Å². The Morgan fingerprint density at radius 2 is 2.14 bits per heavy atom. The van der Waals surface area contributed by atoms with Gasteiger partial charge in [0.05, 0.1) is 4.92 Å². The lowest BCUT2D eigenvalue weighted by Crippen LogP contribution is -2.54. The Kier molecular flexibility index (Phi) is 4.13. The SMILES string of the molecule is CN(C)C1(CNc2ccc(C(N)=O)cc2[N+](=O)[O-])CCC1. The zero-order chi connectivity index (χ0) is 15.6. The Bertz CT molecular complexity index is 567. The summed E-state index contributed by atoms with van der Waals surface area (Å²) >= 11 is 0. The van der Waals surface area contributed by atoms with Crippen LogP contribution in [0.25, 0.3) is 0 Å². The first-order valence-corrected chi connectivity index (χ1v) is 6.85. The minimum Gasteiger partial charge on any atom is -0.378 e. The summed E-state index contributed by atoms with van der Waals surface area (Å²) in [4.78, 5) is 23.9. The number of benzene rings is 1. The number of hydrogen-bond acceptors (Lipinski definition) is 5. The maximum Gasteiger partial charge on any atom is 0.293 e. The highest BCUT2D eigenvalue weighted by Gasteiger charge is 2.39. The smallest absolute Gasteiger partial charge is 0.293 e. The number of amides is 1. The Morgan fingerprint density at radius 1 is 1.48 bits per heavy atom. The first-order valence-electron chi connectivity index (χ1n) is 6.85. The third-order valence-electron chi connectivity index (χ3n) is 4.32. The number of nitro groups is 1. The minimum absolute atomic E-state index is 0.0518. The number of nitrogens with two attached hydrogens (primary N) is 1. The predicted octanol–water partition coefficient (Wildman–Crippen LogP) is 1.59. The van der Waals surface area contributed by atoms with E-state index in [0.717, 1.165) is 12.8 Å². The largest absolute Gasteiger partial charge is 0.378 e. The normalized spacial score (nSPS) is 16.3. The standard InChI is InChI=1S/C14H20N4O3/c1-17(2)14(6-3-7-14)9-16-11-5-4-10(13(15)19)8-12(11)18(20)21/h4-5,8,16H,3,6-7,9H2,1-2H3,(H2,15,19). The van der Waals surface area contributed by atoms with Crippen LogP contribution >= 0.6 is 0 Å². The third kappa shape index (κ3) is 2.97. The average molecular weight is 292 g/mol. The molecule has 7 heteroatoms. The van der Waals surface area contributed by atoms with E-state index < -0.39 is 10.8 Å². The molecule has 21 heavy (non-hydrogen) atoms. The van der Waals surface area contributed by atoms with Crippen LogP contribution in [0, 0.1) is 10.1 Å². The molecule has 7 nitrogen and oxygen atoms in total. The van der Waals surface area contributed by atoms with Crippen molar-refractivity contribution in [2.45, 2.75) is 24.8 Å². The van der Waals surface area contributed by atoms with Gasteiger partial charge in [0, 0.05) is 23.7 Å². The van der Waals surface area contributed by atoms with E-state index in [2.05, 4.69) is 10.2 Å². The number of carbonyl (C=O) groups excluding carboxylic acids is 1. The van der Waals surface area contributed by atoms with Crippen molar-refractivity contribution in [3.8, 4) is 0 Å². The molecule has 1 aliphatic carbocycles. The predicted molar refractivity (Wildman–Crippen MR) is 80.4 cm³/mol. The summed E-state index contributed by atoms with van der Waals surface area (Å²) in [5, 5.41) is 14.3. The number of nitro benzene ring substituents is 1. The van der Waals surface area contributed by atoms with Crippen LogP contribution < -0.4 is 11.1 Å². The molecule has 0 unspecified atom stereocenters. The van der Waals surface area contributed by atoms with Gasteiger partial charge in [-0.05, 0) is 45.5 Å². The maximum atomic E-state index is 11.1. The van der Waals surface area contributed by atoms with Crippen LogP contribution in [0.1, 0.15) is 29.6 Å². The Morgan fingerprint density at radius 3 is 2.57 bits per heavy atom. The van der Waals surface area contributed by atoms with Gasteiger partial charge < -0.3 is 16.0 Å². The van der Waals surface area contributed by atoms with E-state index in [1.807, 2.05) is 14.1 Å². The Balaban J connectivity index is 2.20. The first-order chi connectivity index (χ1) is 9.85. The van der Waals surface area contributed by atoms with E-state index >= 15 is 0 Å². The summed E-state index contributed by atoms with van der Waals surface area (Å²) in [6.07, 6.45) is 3.31. The van der Waals surface area contributed by atoms with E-state index in [1.165, 1.54) is 18.6 Å². The molecule has 1 aliphatic rings. The number of rotatable bonds is 6. The topological polar surface area (TPSA) is 102 Å². The van der Waals surface area contributed by atoms with Crippen molar-refractivity contribution in [2.24, 2.45) is 5.73 Å². The second kappa shape index (κ2) is 5.69. The van der Waals surface area contributed by atoms with Gasteiger partial charge in [0.2, 0.25) is 5.91 Å². The molecule has 114 valence electrons. The van der Waals surface area contributed by atoms with E-state index in [0.29, 0.717) is 12.2 Å². The molecule has 0 bridgehead atoms. The molecule has 0 aliphatic heterocycles. The minimum atomic E-state index is -0.673. The second-order valence-electron chi connectivity index (χ2n) is 5.68. The van der Waals surface area contributed by atoms with Crippen molar-refractivity contribution in [2.75, 3.05) is 26.0 Å². The molecule has 1 saturated carbocycles. The van der Waals surface area contributed by atoms with Gasteiger partial charge in [0.1, 0.15) is 5.69 Å². The number of nitrogens with zero attached hydrogens (tertiary/aromatic N) is 2. The molecule has 0 saturated heterocycles. The molecule has 1 amide bonds. The van der Waals surface area contributed by atoms with Crippen LogP contribution in [-0.2, 0) is 0 Å². The molecule has 1 aromatic carbocycles. The maximum absolute atomic E-state index is 11.1. The van der Waals surface area contributed by atoms with Crippen LogP contribution in [-0.4, -0.2) is 41.9 Å². The lowest BCUT2D eigenvalue weighted by molar-refractivity contribution is -0.384. The number of nitrogens with one attached hydrogen (secondary N) is 1. The van der Waals surface area contributed by atoms with Gasteiger partial charge in [0.15, 0.2) is 0 Å². The van der Waals surface area contributed by atoms with Crippen molar-refractivity contribution in [3.05, 3.63) is 33.9 Å². The fraction of sp³-hybridized carbons (Fsp3) is 0.500. The van der Waals surface area contributed by atoms with E-state index in [-0.39, 0.29) is 16.8 Å². The fourth-order valence-corrected chi connectivity index (χ4v) is 2.61. The fourth-order valence-electron chi connectivity index (χ4n) is 2.61. The molecule has 0 radical (unpaired) electrons. The van der Waals surface area contributed by atoms with Gasteiger partial charge in [-0.15, -0.1) is 0 Å². The zero-order valence-corrected chi connectivity index (χ0v) is 12.3. The number of likely N-dealkylation sites (N-methyl/N-ethyl adjacent to an activating group) is 1. The summed E-state index contributed by atoms with van der Waals surface area (Å²) in [7, 11) is 4.04. The van der Waals surface area contributed by atoms with E-state index in [4.69, 9.17) is 5.73 Å². The van der Waals surface area contributed by atoms with E-state index in [9.17, 15) is 14.9 Å². The van der Waals surface area contributed by atoms with Gasteiger partial charge in [0.25, 0.3) is 5.69 Å². The Labute approximate surface area is 123 Å². The molecule has 1 aromatic rings. The van der Waals surface area contributed by atoms with Crippen LogP contribution in [0.2, 0.25) is 0 Å². The number of carbonyl (C=O) groups is 1. The molecule has 0 aromatic heterocycles. The molecule has 1 fully saturated rings. The van der Waals surface area contributed by atoms with Crippen LogP contribution in [0.5, 0.6) is 0 Å². The molecule has 0 spiro atoms. The summed E-state index contributed by atoms with van der Waals surface area (Å²) < 4.78 is 0. The number of hydrogen-bond donors (Lipinski definition) is 2. The summed E-state index contributed by atoms with van der Waals surface area (Å²) in [5.74, 6) is -0.673. The quantitative estimate of drug-likeness (QED) is 0.612. The molecular weight excluding hydrogens is 272 g/mol. The highest BCUT2D eigenvalue weighted by atomic mass is 16.6. The molecule has 0 heterocycles. The van der Waals surface area contributed by atoms with Crippen molar-refractivity contribution in [3.63, 3.8) is 0 Å². The highest BCUT2D eigenvalue weighted by Crippen LogP contribution is 2.37. The van der Waals surface area contributed by atoms with Gasteiger partial charge >= 0.3 is 0 Å². The van der Waals surface area contributed by atoms with Gasteiger partial charge in [-0.25, -0.2) is 0 Å². The lowest BCUT2D eigenvalue weighted by Gasteiger charge is -2.47. The number of primary amides is 1.